The molecule has 1 unspecified atom stereocenters. The number of carbonyl (C=O) groups excluding carboxylic acids is 2. The third-order valence-electron chi connectivity index (χ3n) is 7.74. The van der Waals surface area contributed by atoms with E-state index < -0.39 is 18.1 Å². The highest BCUT2D eigenvalue weighted by atomic mass is 19.3. The maximum Gasteiger partial charge on any atom is 0.411 e. The zero-order valence-electron chi connectivity index (χ0n) is 20.7. The number of alkyl halides is 2. The molecule has 2 N–H and O–H groups in total. The lowest BCUT2D eigenvalue weighted by molar-refractivity contribution is -0.123. The number of carboxylic acid groups (broad SMARTS) is 1. The van der Waals surface area contributed by atoms with Gasteiger partial charge in [-0.2, -0.15) is 5.10 Å². The number of piperidine rings is 1. The van der Waals surface area contributed by atoms with Crippen molar-refractivity contribution in [3.63, 3.8) is 0 Å². The number of fused-ring (bicyclic) bond motifs is 1. The number of nitrogens with zero attached hydrogens (tertiary/aromatic N) is 4. The van der Waals surface area contributed by atoms with Crippen LogP contribution in [0, 0.1) is 5.92 Å². The van der Waals surface area contributed by atoms with Gasteiger partial charge in [-0.05, 0) is 49.8 Å². The summed E-state index contributed by atoms with van der Waals surface area (Å²) in [5.74, 6) is -2.95. The predicted molar refractivity (Wildman–Crippen MR) is 133 cm³/mol. The Kier molecular flexibility index (Phi) is 6.63. The maximum absolute atomic E-state index is 13.6. The van der Waals surface area contributed by atoms with Crippen molar-refractivity contribution in [2.24, 2.45) is 5.92 Å². The average molecular weight is 516 g/mol. The molecule has 2 fully saturated rings. The van der Waals surface area contributed by atoms with Gasteiger partial charge < -0.3 is 15.3 Å². The molecule has 3 heterocycles. The molecule has 3 amide bonds. The SMILES string of the molecule is C[C@H]1CN(C(=O)O)c2cc(-c3cnn(C4CCNC(=O)C4)c3)ccc2N1C(=O)CC1CCC(F)(F)CC1. The first-order chi connectivity index (χ1) is 17.6. The van der Waals surface area contributed by atoms with Gasteiger partial charge in [0.15, 0.2) is 0 Å². The summed E-state index contributed by atoms with van der Waals surface area (Å²) in [5, 5.41) is 17.1. The molecule has 37 heavy (non-hydrogen) atoms. The molecule has 1 saturated heterocycles. The molecular weight excluding hydrogens is 484 g/mol. The van der Waals surface area contributed by atoms with E-state index in [0.29, 0.717) is 37.2 Å². The normalized spacial score (nSPS) is 23.9. The molecule has 1 aromatic heterocycles. The fourth-order valence-corrected chi connectivity index (χ4v) is 5.69. The number of halogens is 2. The minimum Gasteiger partial charge on any atom is -0.465 e. The number of aromatic nitrogens is 2. The number of amides is 3. The maximum atomic E-state index is 13.6. The minimum atomic E-state index is -2.65. The van der Waals surface area contributed by atoms with Crippen molar-refractivity contribution < 1.29 is 28.3 Å². The first kappa shape index (κ1) is 25.2. The van der Waals surface area contributed by atoms with E-state index in [1.54, 1.807) is 34.8 Å². The molecule has 0 spiro atoms. The number of hydrogen-bond donors (Lipinski definition) is 2. The zero-order valence-corrected chi connectivity index (χ0v) is 20.7. The summed E-state index contributed by atoms with van der Waals surface area (Å²) in [6, 6.07) is 4.88. The second-order valence-electron chi connectivity index (χ2n) is 10.4. The van der Waals surface area contributed by atoms with Gasteiger partial charge in [-0.1, -0.05) is 6.07 Å². The topological polar surface area (TPSA) is 108 Å². The smallest absolute Gasteiger partial charge is 0.411 e. The van der Waals surface area contributed by atoms with Gasteiger partial charge in [0.25, 0.3) is 0 Å². The summed E-state index contributed by atoms with van der Waals surface area (Å²) >= 11 is 0. The molecule has 1 aliphatic carbocycles. The number of hydrogen-bond acceptors (Lipinski definition) is 4. The molecule has 1 saturated carbocycles. The summed E-state index contributed by atoms with van der Waals surface area (Å²) in [7, 11) is 0. The first-order valence-electron chi connectivity index (χ1n) is 12.8. The first-order valence-corrected chi connectivity index (χ1v) is 12.8. The Balaban J connectivity index is 1.40. The number of rotatable bonds is 4. The zero-order chi connectivity index (χ0) is 26.3. The molecule has 3 aliphatic rings. The lowest BCUT2D eigenvalue weighted by Crippen LogP contribution is -2.52. The van der Waals surface area contributed by atoms with Crippen molar-refractivity contribution >= 4 is 29.3 Å². The Hall–Kier alpha value is -3.50. The van der Waals surface area contributed by atoms with Crippen LogP contribution in [0.4, 0.5) is 25.0 Å². The highest BCUT2D eigenvalue weighted by Crippen LogP contribution is 2.41. The van der Waals surface area contributed by atoms with Crippen molar-refractivity contribution in [3.8, 4) is 11.1 Å². The molecule has 2 atom stereocenters. The van der Waals surface area contributed by atoms with Crippen molar-refractivity contribution in [1.82, 2.24) is 15.1 Å². The van der Waals surface area contributed by atoms with E-state index in [4.69, 9.17) is 0 Å². The van der Waals surface area contributed by atoms with Crippen molar-refractivity contribution in [1.29, 1.82) is 0 Å². The lowest BCUT2D eigenvalue weighted by Gasteiger charge is -2.41. The summed E-state index contributed by atoms with van der Waals surface area (Å²) in [6.07, 6.45) is 3.92. The van der Waals surface area contributed by atoms with Crippen LogP contribution < -0.4 is 15.1 Å². The van der Waals surface area contributed by atoms with Crippen LogP contribution in [-0.2, 0) is 9.59 Å². The van der Waals surface area contributed by atoms with Gasteiger partial charge in [-0.3, -0.25) is 19.2 Å². The van der Waals surface area contributed by atoms with Gasteiger partial charge in [-0.25, -0.2) is 13.6 Å². The van der Waals surface area contributed by atoms with E-state index in [-0.39, 0.29) is 49.6 Å². The van der Waals surface area contributed by atoms with Gasteiger partial charge >= 0.3 is 6.09 Å². The fraction of sp³-hybridized carbons (Fsp3) is 0.538. The fourth-order valence-electron chi connectivity index (χ4n) is 5.69. The van der Waals surface area contributed by atoms with Crippen LogP contribution in [0.15, 0.2) is 30.6 Å². The minimum absolute atomic E-state index is 0.0139. The van der Waals surface area contributed by atoms with E-state index >= 15 is 0 Å². The van der Waals surface area contributed by atoms with Crippen LogP contribution in [0.3, 0.4) is 0 Å². The van der Waals surface area contributed by atoms with E-state index in [0.717, 1.165) is 17.5 Å². The number of carbonyl (C=O) groups is 3. The van der Waals surface area contributed by atoms with Gasteiger partial charge in [0.1, 0.15) is 0 Å². The van der Waals surface area contributed by atoms with Gasteiger partial charge in [0, 0.05) is 50.5 Å². The Morgan fingerprint density at radius 2 is 1.92 bits per heavy atom. The molecule has 0 radical (unpaired) electrons. The van der Waals surface area contributed by atoms with Crippen molar-refractivity contribution in [2.45, 2.75) is 69.9 Å². The highest BCUT2D eigenvalue weighted by molar-refractivity contribution is 6.03. The largest absolute Gasteiger partial charge is 0.465 e. The number of anilines is 2. The molecule has 0 bridgehead atoms. The molecule has 2 aliphatic heterocycles. The third kappa shape index (κ3) is 5.17. The summed E-state index contributed by atoms with van der Waals surface area (Å²) in [6.45, 7) is 2.50. The summed E-state index contributed by atoms with van der Waals surface area (Å²) in [5.41, 5.74) is 2.41. The molecule has 11 heteroatoms. The summed E-state index contributed by atoms with van der Waals surface area (Å²) < 4.78 is 28.9. The highest BCUT2D eigenvalue weighted by Gasteiger charge is 2.39. The quantitative estimate of drug-likeness (QED) is 0.626. The predicted octanol–water partition coefficient (Wildman–Crippen LogP) is 4.44. The van der Waals surface area contributed by atoms with E-state index in [1.807, 2.05) is 12.3 Å². The summed E-state index contributed by atoms with van der Waals surface area (Å²) in [4.78, 5) is 40.1. The Morgan fingerprint density at radius 3 is 2.62 bits per heavy atom. The molecule has 198 valence electrons. The Morgan fingerprint density at radius 1 is 1.16 bits per heavy atom. The van der Waals surface area contributed by atoms with Crippen molar-refractivity contribution in [2.75, 3.05) is 22.9 Å². The second kappa shape index (κ2) is 9.75. The third-order valence-corrected chi connectivity index (χ3v) is 7.74. The molecule has 9 nitrogen and oxygen atoms in total. The van der Waals surface area contributed by atoms with Crippen molar-refractivity contribution in [3.05, 3.63) is 30.6 Å². The van der Waals surface area contributed by atoms with Crippen LogP contribution in [0.1, 0.15) is 57.9 Å². The van der Waals surface area contributed by atoms with Crippen LogP contribution in [0.2, 0.25) is 0 Å². The molecular formula is C26H31F2N5O4. The second-order valence-corrected chi connectivity index (χ2v) is 10.4. The lowest BCUT2D eigenvalue weighted by atomic mass is 9.84. The van der Waals surface area contributed by atoms with Crippen LogP contribution in [-0.4, -0.2) is 57.8 Å². The molecule has 1 aromatic carbocycles. The van der Waals surface area contributed by atoms with Gasteiger partial charge in [0.2, 0.25) is 17.7 Å². The standard InChI is InChI=1S/C26H31F2N5O4/c1-16-14-31(25(36)37)22-11-18(19-13-30-32(15-19)20-6-9-29-23(34)12-20)2-3-21(22)33(16)24(35)10-17-4-7-26(27,28)8-5-17/h2-3,11,13,15-17,20H,4-10,12,14H2,1H3,(H,29,34)(H,36,37)/t16-,20?/m0/s1. The average Bonchev–Trinajstić information content (AvgIpc) is 3.35. The molecule has 5 rings (SSSR count). The van der Waals surface area contributed by atoms with Crippen LogP contribution in [0.25, 0.3) is 11.1 Å². The number of benzene rings is 1. The van der Waals surface area contributed by atoms with Crippen LogP contribution in [0.5, 0.6) is 0 Å². The Labute approximate surface area is 213 Å². The van der Waals surface area contributed by atoms with Gasteiger partial charge in [0.05, 0.1) is 29.7 Å². The van der Waals surface area contributed by atoms with E-state index in [9.17, 15) is 28.3 Å². The Bertz CT molecular complexity index is 1210. The van der Waals surface area contributed by atoms with E-state index in [1.165, 1.54) is 4.90 Å². The number of nitrogens with one attached hydrogen (secondary N) is 1. The van der Waals surface area contributed by atoms with E-state index in [2.05, 4.69) is 10.4 Å². The van der Waals surface area contributed by atoms with Crippen LogP contribution >= 0.6 is 0 Å². The van der Waals surface area contributed by atoms with Gasteiger partial charge in [-0.15, -0.1) is 0 Å². The molecule has 2 aromatic rings. The monoisotopic (exact) mass is 515 g/mol.